The van der Waals surface area contributed by atoms with Crippen molar-refractivity contribution < 1.29 is 9.84 Å². The maximum atomic E-state index is 9.12. The van der Waals surface area contributed by atoms with Crippen LogP contribution >= 0.6 is 15.9 Å². The van der Waals surface area contributed by atoms with E-state index in [1.54, 1.807) is 24.5 Å². The molecular weight excluding hydrogens is 284 g/mol. The second kappa shape index (κ2) is 5.75. The zero-order valence-electron chi connectivity index (χ0n) is 9.01. The van der Waals surface area contributed by atoms with Gasteiger partial charge in [0.1, 0.15) is 12.4 Å². The minimum atomic E-state index is -0.0282. The minimum Gasteiger partial charge on any atom is -0.486 e. The molecule has 88 valence electrons. The molecule has 0 saturated heterocycles. The normalized spacial score (nSPS) is 10.2. The van der Waals surface area contributed by atoms with Crippen LogP contribution in [-0.2, 0) is 13.2 Å². The molecule has 4 nitrogen and oxygen atoms in total. The van der Waals surface area contributed by atoms with Crippen molar-refractivity contribution in [3.05, 3.63) is 52.5 Å². The first-order valence-electron chi connectivity index (χ1n) is 5.07. The summed E-state index contributed by atoms with van der Waals surface area (Å²) in [6.07, 6.45) is 3.35. The molecule has 0 bridgehead atoms. The van der Waals surface area contributed by atoms with Gasteiger partial charge in [0.2, 0.25) is 0 Å². The Bertz CT molecular complexity index is 491. The number of rotatable bonds is 4. The minimum absolute atomic E-state index is 0.0282. The third kappa shape index (κ3) is 3.25. The topological polar surface area (TPSA) is 55.2 Å². The Labute approximate surface area is 107 Å². The Balaban J connectivity index is 2.04. The third-order valence-electron chi connectivity index (χ3n) is 2.17. The largest absolute Gasteiger partial charge is 0.486 e. The molecule has 0 radical (unpaired) electrons. The standard InChI is InChI=1S/C12H11BrN2O2/c13-11-3-2-10(6-9(11)7-16)17-8-12-14-4-1-5-15-12/h1-6,16H,7-8H2. The fraction of sp³-hybridized carbons (Fsp3) is 0.167. The first-order valence-corrected chi connectivity index (χ1v) is 5.87. The number of aliphatic hydroxyl groups is 1. The predicted molar refractivity (Wildman–Crippen MR) is 66.4 cm³/mol. The van der Waals surface area contributed by atoms with E-state index in [0.717, 1.165) is 10.0 Å². The van der Waals surface area contributed by atoms with E-state index in [9.17, 15) is 0 Å². The van der Waals surface area contributed by atoms with Gasteiger partial charge >= 0.3 is 0 Å². The Morgan fingerprint density at radius 3 is 2.71 bits per heavy atom. The van der Waals surface area contributed by atoms with E-state index in [0.29, 0.717) is 18.2 Å². The number of aliphatic hydroxyl groups excluding tert-OH is 1. The highest BCUT2D eigenvalue weighted by Crippen LogP contribution is 2.22. The maximum Gasteiger partial charge on any atom is 0.166 e. The highest BCUT2D eigenvalue weighted by Gasteiger charge is 2.02. The third-order valence-corrected chi connectivity index (χ3v) is 2.95. The van der Waals surface area contributed by atoms with Crippen molar-refractivity contribution in [3.63, 3.8) is 0 Å². The van der Waals surface area contributed by atoms with Crippen LogP contribution in [0.5, 0.6) is 5.75 Å². The van der Waals surface area contributed by atoms with Crippen LogP contribution in [0.15, 0.2) is 41.1 Å². The molecule has 0 aliphatic rings. The van der Waals surface area contributed by atoms with Crippen LogP contribution in [0.25, 0.3) is 0 Å². The number of nitrogens with zero attached hydrogens (tertiary/aromatic N) is 2. The summed E-state index contributed by atoms with van der Waals surface area (Å²) in [5.41, 5.74) is 0.788. The SMILES string of the molecule is OCc1cc(OCc2ncccn2)ccc1Br. The van der Waals surface area contributed by atoms with Gasteiger partial charge in [-0.2, -0.15) is 0 Å². The van der Waals surface area contributed by atoms with E-state index >= 15 is 0 Å². The molecule has 0 amide bonds. The van der Waals surface area contributed by atoms with Crippen molar-refractivity contribution in [2.45, 2.75) is 13.2 Å². The van der Waals surface area contributed by atoms with Crippen molar-refractivity contribution in [2.75, 3.05) is 0 Å². The van der Waals surface area contributed by atoms with Crippen molar-refractivity contribution in [2.24, 2.45) is 0 Å². The summed E-state index contributed by atoms with van der Waals surface area (Å²) in [4.78, 5) is 8.12. The van der Waals surface area contributed by atoms with Gasteiger partial charge in [-0.3, -0.25) is 0 Å². The Morgan fingerprint density at radius 2 is 2.00 bits per heavy atom. The van der Waals surface area contributed by atoms with Crippen LogP contribution < -0.4 is 4.74 Å². The molecule has 0 atom stereocenters. The lowest BCUT2D eigenvalue weighted by atomic mass is 10.2. The molecule has 5 heteroatoms. The van der Waals surface area contributed by atoms with Gasteiger partial charge in [0.25, 0.3) is 0 Å². The molecule has 0 fully saturated rings. The highest BCUT2D eigenvalue weighted by molar-refractivity contribution is 9.10. The van der Waals surface area contributed by atoms with Crippen LogP contribution in [-0.4, -0.2) is 15.1 Å². The average Bonchev–Trinajstić information content (AvgIpc) is 2.39. The smallest absolute Gasteiger partial charge is 0.166 e. The lowest BCUT2D eigenvalue weighted by molar-refractivity contribution is 0.275. The molecule has 1 heterocycles. The van der Waals surface area contributed by atoms with E-state index in [1.807, 2.05) is 12.1 Å². The number of benzene rings is 1. The molecule has 2 aromatic rings. The van der Waals surface area contributed by atoms with Crippen molar-refractivity contribution in [1.29, 1.82) is 0 Å². The van der Waals surface area contributed by atoms with Crippen LogP contribution in [0.4, 0.5) is 0 Å². The monoisotopic (exact) mass is 294 g/mol. The number of hydrogen-bond donors (Lipinski definition) is 1. The Kier molecular flexibility index (Phi) is 4.06. The second-order valence-corrected chi connectivity index (χ2v) is 4.22. The van der Waals surface area contributed by atoms with E-state index < -0.39 is 0 Å². The molecule has 2 rings (SSSR count). The molecule has 1 aromatic heterocycles. The Hall–Kier alpha value is -1.46. The zero-order valence-corrected chi connectivity index (χ0v) is 10.6. The van der Waals surface area contributed by atoms with E-state index in [1.165, 1.54) is 0 Å². The number of halogens is 1. The van der Waals surface area contributed by atoms with Crippen LogP contribution in [0.2, 0.25) is 0 Å². The molecule has 0 aliphatic carbocycles. The van der Waals surface area contributed by atoms with Crippen LogP contribution in [0.1, 0.15) is 11.4 Å². The van der Waals surface area contributed by atoms with Gasteiger partial charge in [0.05, 0.1) is 6.61 Å². The fourth-order valence-corrected chi connectivity index (χ4v) is 1.69. The summed E-state index contributed by atoms with van der Waals surface area (Å²) in [7, 11) is 0. The van der Waals surface area contributed by atoms with Crippen molar-refractivity contribution >= 4 is 15.9 Å². The van der Waals surface area contributed by atoms with Crippen LogP contribution in [0.3, 0.4) is 0 Å². The molecule has 0 unspecified atom stereocenters. The molecule has 0 spiro atoms. The highest BCUT2D eigenvalue weighted by atomic mass is 79.9. The molecule has 0 saturated carbocycles. The van der Waals surface area contributed by atoms with E-state index in [4.69, 9.17) is 9.84 Å². The summed E-state index contributed by atoms with van der Waals surface area (Å²) in [5, 5.41) is 9.12. The number of ether oxygens (including phenoxy) is 1. The van der Waals surface area contributed by atoms with Gasteiger partial charge in [-0.05, 0) is 29.8 Å². The van der Waals surface area contributed by atoms with E-state index in [2.05, 4.69) is 25.9 Å². The van der Waals surface area contributed by atoms with Gasteiger partial charge in [-0.25, -0.2) is 9.97 Å². The summed E-state index contributed by atoms with van der Waals surface area (Å²) < 4.78 is 6.40. The molecular formula is C12H11BrN2O2. The average molecular weight is 295 g/mol. The summed E-state index contributed by atoms with van der Waals surface area (Å²) in [6.45, 7) is 0.285. The first-order chi connectivity index (χ1) is 8.29. The molecule has 0 aliphatic heterocycles. The van der Waals surface area contributed by atoms with Gasteiger partial charge in [0.15, 0.2) is 5.82 Å². The van der Waals surface area contributed by atoms with E-state index in [-0.39, 0.29) is 6.61 Å². The molecule has 1 N–H and O–H groups in total. The maximum absolute atomic E-state index is 9.12. The van der Waals surface area contributed by atoms with Gasteiger partial charge in [-0.1, -0.05) is 15.9 Å². The zero-order chi connectivity index (χ0) is 12.1. The summed E-state index contributed by atoms with van der Waals surface area (Å²) in [6, 6.07) is 7.21. The second-order valence-electron chi connectivity index (χ2n) is 3.37. The lowest BCUT2D eigenvalue weighted by Gasteiger charge is -2.07. The Morgan fingerprint density at radius 1 is 1.24 bits per heavy atom. The number of hydrogen-bond acceptors (Lipinski definition) is 4. The summed E-state index contributed by atoms with van der Waals surface area (Å²) in [5.74, 6) is 1.31. The number of aromatic nitrogens is 2. The van der Waals surface area contributed by atoms with Gasteiger partial charge in [-0.15, -0.1) is 0 Å². The van der Waals surface area contributed by atoms with Crippen LogP contribution in [0, 0.1) is 0 Å². The molecule has 17 heavy (non-hydrogen) atoms. The quantitative estimate of drug-likeness (QED) is 0.940. The fourth-order valence-electron chi connectivity index (χ4n) is 1.31. The van der Waals surface area contributed by atoms with Crippen molar-refractivity contribution in [3.8, 4) is 5.75 Å². The first kappa shape index (κ1) is 12.0. The summed E-state index contributed by atoms with van der Waals surface area (Å²) >= 11 is 3.35. The predicted octanol–water partition coefficient (Wildman–Crippen LogP) is 2.31. The van der Waals surface area contributed by atoms with Crippen molar-refractivity contribution in [1.82, 2.24) is 9.97 Å². The van der Waals surface area contributed by atoms with Gasteiger partial charge in [0, 0.05) is 16.9 Å². The van der Waals surface area contributed by atoms with Gasteiger partial charge < -0.3 is 9.84 Å². The lowest BCUT2D eigenvalue weighted by Crippen LogP contribution is -2.00. The molecule has 1 aromatic carbocycles.